The third-order valence-electron chi connectivity index (χ3n) is 6.14. The molecule has 2 aliphatic heterocycles. The predicted octanol–water partition coefficient (Wildman–Crippen LogP) is 3.69. The summed E-state index contributed by atoms with van der Waals surface area (Å²) >= 11 is 0. The Labute approximate surface area is 189 Å². The van der Waals surface area contributed by atoms with Crippen molar-refractivity contribution in [1.29, 1.82) is 0 Å². The summed E-state index contributed by atoms with van der Waals surface area (Å²) in [6, 6.07) is 15.4. The lowest BCUT2D eigenvalue weighted by Crippen LogP contribution is -2.46. The number of nitrogens with one attached hydrogen (secondary N) is 3. The van der Waals surface area contributed by atoms with Crippen LogP contribution in [-0.2, 0) is 4.74 Å². The van der Waals surface area contributed by atoms with E-state index >= 15 is 0 Å². The molecule has 2 aliphatic rings. The van der Waals surface area contributed by atoms with Crippen LogP contribution in [0.25, 0.3) is 0 Å². The maximum Gasteiger partial charge on any atom is 0.319 e. The fraction of sp³-hybridized carbons (Fsp3) is 0.440. The summed E-state index contributed by atoms with van der Waals surface area (Å²) in [6.07, 6.45) is 3.84. The number of para-hydroxylation sites is 1. The Hall–Kier alpha value is -3.06. The first-order valence-electron chi connectivity index (χ1n) is 11.5. The van der Waals surface area contributed by atoms with Crippen molar-refractivity contribution >= 4 is 23.3 Å². The first kappa shape index (κ1) is 22.1. The van der Waals surface area contributed by atoms with Crippen molar-refractivity contribution in [2.24, 2.45) is 0 Å². The Bertz CT molecular complexity index is 917. The summed E-state index contributed by atoms with van der Waals surface area (Å²) in [5.41, 5.74) is 3.58. The zero-order valence-electron chi connectivity index (χ0n) is 18.6. The Morgan fingerprint density at radius 1 is 1.03 bits per heavy atom. The van der Waals surface area contributed by atoms with E-state index in [2.05, 4.69) is 20.9 Å². The van der Waals surface area contributed by atoms with E-state index < -0.39 is 0 Å². The van der Waals surface area contributed by atoms with Gasteiger partial charge in [-0.1, -0.05) is 29.8 Å². The van der Waals surface area contributed by atoms with Crippen LogP contribution in [0.1, 0.15) is 41.6 Å². The van der Waals surface area contributed by atoms with Gasteiger partial charge in [-0.3, -0.25) is 4.79 Å². The molecule has 3 amide bonds. The standard InChI is InChI=1S/C25H32N4O3/c1-18-8-10-19(11-9-18)27-25(31)28-20-12-14-29(15-13-20)23-7-3-2-6-22(23)24(30)26-17-21-5-4-16-32-21/h2-3,6-11,20-21H,4-5,12-17H2,1H3,(H,26,30)(H2,27,28,31)/t21-/m1/s1. The Morgan fingerprint density at radius 2 is 1.78 bits per heavy atom. The van der Waals surface area contributed by atoms with Crippen LogP contribution in [0.3, 0.4) is 0 Å². The number of hydrogen-bond donors (Lipinski definition) is 3. The molecular formula is C25H32N4O3. The van der Waals surface area contributed by atoms with Gasteiger partial charge in [0.25, 0.3) is 5.91 Å². The average Bonchev–Trinajstić information content (AvgIpc) is 3.33. The van der Waals surface area contributed by atoms with Gasteiger partial charge in [-0.05, 0) is 56.9 Å². The molecule has 2 saturated heterocycles. The molecule has 1 atom stereocenters. The van der Waals surface area contributed by atoms with Gasteiger partial charge in [0.1, 0.15) is 0 Å². The summed E-state index contributed by atoms with van der Waals surface area (Å²) in [5, 5.41) is 8.99. The summed E-state index contributed by atoms with van der Waals surface area (Å²) in [4.78, 5) is 27.4. The number of nitrogens with zero attached hydrogens (tertiary/aromatic N) is 1. The van der Waals surface area contributed by atoms with Crippen LogP contribution in [-0.4, -0.2) is 50.3 Å². The van der Waals surface area contributed by atoms with Crippen molar-refractivity contribution < 1.29 is 14.3 Å². The van der Waals surface area contributed by atoms with Gasteiger partial charge in [0.2, 0.25) is 0 Å². The highest BCUT2D eigenvalue weighted by Gasteiger charge is 2.24. The Morgan fingerprint density at radius 3 is 2.50 bits per heavy atom. The molecule has 0 aliphatic carbocycles. The van der Waals surface area contributed by atoms with Crippen molar-refractivity contribution in [3.63, 3.8) is 0 Å². The normalized spacial score (nSPS) is 18.9. The highest BCUT2D eigenvalue weighted by Crippen LogP contribution is 2.24. The fourth-order valence-electron chi connectivity index (χ4n) is 4.30. The number of amides is 3. The molecule has 2 aromatic rings. The second kappa shape index (κ2) is 10.5. The summed E-state index contributed by atoms with van der Waals surface area (Å²) < 4.78 is 5.61. The van der Waals surface area contributed by atoms with Crippen molar-refractivity contribution in [2.45, 2.75) is 44.8 Å². The maximum atomic E-state index is 12.8. The molecule has 7 nitrogen and oxygen atoms in total. The number of ether oxygens (including phenoxy) is 1. The molecule has 0 unspecified atom stereocenters. The number of urea groups is 1. The average molecular weight is 437 g/mol. The number of piperidine rings is 1. The number of aryl methyl sites for hydroxylation is 1. The van der Waals surface area contributed by atoms with Crippen LogP contribution in [0.4, 0.5) is 16.2 Å². The van der Waals surface area contributed by atoms with E-state index in [0.717, 1.165) is 62.3 Å². The monoisotopic (exact) mass is 436 g/mol. The van der Waals surface area contributed by atoms with E-state index in [0.29, 0.717) is 12.1 Å². The van der Waals surface area contributed by atoms with Gasteiger partial charge >= 0.3 is 6.03 Å². The zero-order chi connectivity index (χ0) is 22.3. The SMILES string of the molecule is Cc1ccc(NC(=O)NC2CCN(c3ccccc3C(=O)NC[C@H]3CCCO3)CC2)cc1. The molecule has 2 aromatic carbocycles. The fourth-order valence-corrected chi connectivity index (χ4v) is 4.30. The van der Waals surface area contributed by atoms with Crippen molar-refractivity contribution in [3.05, 3.63) is 59.7 Å². The minimum absolute atomic E-state index is 0.0613. The quantitative estimate of drug-likeness (QED) is 0.645. The molecule has 170 valence electrons. The number of hydrogen-bond acceptors (Lipinski definition) is 4. The van der Waals surface area contributed by atoms with Crippen LogP contribution in [0.5, 0.6) is 0 Å². The predicted molar refractivity (Wildman–Crippen MR) is 126 cm³/mol. The van der Waals surface area contributed by atoms with E-state index in [-0.39, 0.29) is 24.1 Å². The van der Waals surface area contributed by atoms with E-state index in [1.54, 1.807) is 0 Å². The van der Waals surface area contributed by atoms with E-state index in [4.69, 9.17) is 4.74 Å². The van der Waals surface area contributed by atoms with Gasteiger partial charge in [-0.15, -0.1) is 0 Å². The van der Waals surface area contributed by atoms with Crippen LogP contribution in [0, 0.1) is 6.92 Å². The molecule has 4 rings (SSSR count). The molecular weight excluding hydrogens is 404 g/mol. The smallest absolute Gasteiger partial charge is 0.319 e. The molecule has 0 bridgehead atoms. The van der Waals surface area contributed by atoms with Crippen LogP contribution < -0.4 is 20.9 Å². The lowest BCUT2D eigenvalue weighted by atomic mass is 10.0. The van der Waals surface area contributed by atoms with Crippen molar-refractivity contribution in [2.75, 3.05) is 36.5 Å². The lowest BCUT2D eigenvalue weighted by Gasteiger charge is -2.34. The number of carbonyl (C=O) groups excluding carboxylic acids is 2. The minimum Gasteiger partial charge on any atom is -0.376 e. The maximum absolute atomic E-state index is 12.8. The second-order valence-corrected chi connectivity index (χ2v) is 8.59. The number of carbonyl (C=O) groups is 2. The number of anilines is 2. The summed E-state index contributed by atoms with van der Waals surface area (Å²) in [5.74, 6) is -0.0613. The number of rotatable bonds is 6. The first-order valence-corrected chi connectivity index (χ1v) is 11.5. The first-order chi connectivity index (χ1) is 15.6. The van der Waals surface area contributed by atoms with Gasteiger partial charge in [0.05, 0.1) is 11.7 Å². The minimum atomic E-state index is -0.179. The topological polar surface area (TPSA) is 82.7 Å². The molecule has 0 spiro atoms. The van der Waals surface area contributed by atoms with E-state index in [9.17, 15) is 9.59 Å². The van der Waals surface area contributed by atoms with Crippen LogP contribution in [0.15, 0.2) is 48.5 Å². The molecule has 32 heavy (non-hydrogen) atoms. The van der Waals surface area contributed by atoms with Crippen LogP contribution in [0.2, 0.25) is 0 Å². The molecule has 7 heteroatoms. The highest BCUT2D eigenvalue weighted by molar-refractivity contribution is 5.99. The van der Waals surface area contributed by atoms with Gasteiger partial charge in [0, 0.05) is 43.7 Å². The van der Waals surface area contributed by atoms with Crippen molar-refractivity contribution in [3.8, 4) is 0 Å². The van der Waals surface area contributed by atoms with Gasteiger partial charge in [0.15, 0.2) is 0 Å². The van der Waals surface area contributed by atoms with Crippen LogP contribution >= 0.6 is 0 Å². The lowest BCUT2D eigenvalue weighted by molar-refractivity contribution is 0.0858. The van der Waals surface area contributed by atoms with E-state index in [1.165, 1.54) is 0 Å². The third-order valence-corrected chi connectivity index (χ3v) is 6.14. The zero-order valence-corrected chi connectivity index (χ0v) is 18.6. The van der Waals surface area contributed by atoms with Gasteiger partial charge in [-0.25, -0.2) is 4.79 Å². The summed E-state index contributed by atoms with van der Waals surface area (Å²) in [6.45, 7) is 4.92. The van der Waals surface area contributed by atoms with E-state index in [1.807, 2.05) is 55.5 Å². The van der Waals surface area contributed by atoms with Gasteiger partial charge < -0.3 is 25.6 Å². The molecule has 0 aromatic heterocycles. The third kappa shape index (κ3) is 5.79. The Balaban J connectivity index is 1.28. The molecule has 2 fully saturated rings. The molecule has 0 saturated carbocycles. The largest absolute Gasteiger partial charge is 0.376 e. The highest BCUT2D eigenvalue weighted by atomic mass is 16.5. The van der Waals surface area contributed by atoms with Crippen molar-refractivity contribution in [1.82, 2.24) is 10.6 Å². The number of benzene rings is 2. The molecule has 3 N–H and O–H groups in total. The summed E-state index contributed by atoms with van der Waals surface area (Å²) in [7, 11) is 0. The second-order valence-electron chi connectivity index (χ2n) is 8.59. The molecule has 2 heterocycles. The Kier molecular flexibility index (Phi) is 7.27. The van der Waals surface area contributed by atoms with Gasteiger partial charge in [-0.2, -0.15) is 0 Å². The molecule has 0 radical (unpaired) electrons.